The van der Waals surface area contributed by atoms with E-state index >= 15 is 0 Å². The lowest BCUT2D eigenvalue weighted by atomic mass is 10.1. The molecule has 2 aromatic carbocycles. The Morgan fingerprint density at radius 1 is 1.12 bits per heavy atom. The van der Waals surface area contributed by atoms with Crippen LogP contribution in [0.15, 0.2) is 47.3 Å². The molecule has 3 aromatic rings. The number of carbonyl (C=O) groups excluding carboxylic acids is 1. The van der Waals surface area contributed by atoms with Crippen molar-refractivity contribution in [1.82, 2.24) is 15.1 Å². The molecule has 134 valence electrons. The summed E-state index contributed by atoms with van der Waals surface area (Å²) in [5, 5.41) is 9.63. The van der Waals surface area contributed by atoms with Crippen molar-refractivity contribution in [2.75, 3.05) is 12.4 Å². The molecule has 6 nitrogen and oxygen atoms in total. The zero-order valence-electron chi connectivity index (χ0n) is 14.1. The number of urea groups is 1. The predicted molar refractivity (Wildman–Crippen MR) is 93.9 cm³/mol. The number of amides is 2. The second-order valence-corrected chi connectivity index (χ2v) is 5.85. The van der Waals surface area contributed by atoms with E-state index in [1.807, 2.05) is 0 Å². The van der Waals surface area contributed by atoms with Crippen molar-refractivity contribution in [2.24, 2.45) is 0 Å². The molecule has 0 fully saturated rings. The van der Waals surface area contributed by atoms with Gasteiger partial charge in [-0.1, -0.05) is 0 Å². The van der Waals surface area contributed by atoms with Gasteiger partial charge in [-0.3, -0.25) is 4.79 Å². The van der Waals surface area contributed by atoms with Gasteiger partial charge >= 0.3 is 6.03 Å². The van der Waals surface area contributed by atoms with E-state index < -0.39 is 29.3 Å². The fourth-order valence-corrected chi connectivity index (χ4v) is 2.58. The quantitative estimate of drug-likeness (QED) is 0.753. The van der Waals surface area contributed by atoms with Crippen LogP contribution in [0.4, 0.5) is 19.3 Å². The van der Waals surface area contributed by atoms with E-state index in [2.05, 4.69) is 15.5 Å². The van der Waals surface area contributed by atoms with Crippen LogP contribution in [0, 0.1) is 11.6 Å². The molecule has 2 amide bonds. The molecule has 0 unspecified atom stereocenters. The molecule has 0 saturated carbocycles. The van der Waals surface area contributed by atoms with Crippen LogP contribution in [0.3, 0.4) is 0 Å². The molecule has 26 heavy (non-hydrogen) atoms. The van der Waals surface area contributed by atoms with Gasteiger partial charge in [0.1, 0.15) is 11.6 Å². The highest BCUT2D eigenvalue weighted by Gasteiger charge is 2.22. The van der Waals surface area contributed by atoms with E-state index in [0.29, 0.717) is 16.8 Å². The van der Waals surface area contributed by atoms with Crippen molar-refractivity contribution < 1.29 is 13.6 Å². The molecule has 0 aliphatic rings. The first kappa shape index (κ1) is 17.5. The number of aromatic nitrogens is 2. The number of carbonyl (C=O) groups is 1. The highest BCUT2D eigenvalue weighted by Crippen LogP contribution is 2.24. The smallest absolute Gasteiger partial charge is 0.319 e. The summed E-state index contributed by atoms with van der Waals surface area (Å²) in [5.41, 5.74) is 0.363. The van der Waals surface area contributed by atoms with Crippen LogP contribution in [-0.4, -0.2) is 28.2 Å². The Bertz CT molecular complexity index is 1020. The number of benzene rings is 2. The number of aromatic amines is 1. The molecule has 3 rings (SSSR count). The van der Waals surface area contributed by atoms with Crippen molar-refractivity contribution in [1.29, 1.82) is 0 Å². The van der Waals surface area contributed by atoms with E-state index in [9.17, 15) is 18.4 Å². The monoisotopic (exact) mass is 358 g/mol. The molecule has 8 heteroatoms. The second kappa shape index (κ2) is 6.91. The summed E-state index contributed by atoms with van der Waals surface area (Å²) >= 11 is 0. The summed E-state index contributed by atoms with van der Waals surface area (Å²) in [4.78, 5) is 25.7. The molecular weight excluding hydrogens is 342 g/mol. The van der Waals surface area contributed by atoms with Gasteiger partial charge in [0.2, 0.25) is 0 Å². The van der Waals surface area contributed by atoms with Gasteiger partial charge in [0.05, 0.1) is 17.1 Å². The Balaban J connectivity index is 1.88. The third-order valence-electron chi connectivity index (χ3n) is 4.17. The summed E-state index contributed by atoms with van der Waals surface area (Å²) < 4.78 is 26.4. The van der Waals surface area contributed by atoms with Crippen molar-refractivity contribution in [2.45, 2.75) is 13.0 Å². The summed E-state index contributed by atoms with van der Waals surface area (Å²) in [7, 11) is 1.56. The number of rotatable bonds is 3. The number of anilines is 1. The van der Waals surface area contributed by atoms with Crippen LogP contribution in [-0.2, 0) is 0 Å². The van der Waals surface area contributed by atoms with E-state index in [4.69, 9.17) is 0 Å². The Morgan fingerprint density at radius 3 is 2.46 bits per heavy atom. The molecular formula is C18H16F2N4O2. The van der Waals surface area contributed by atoms with Crippen molar-refractivity contribution >= 4 is 22.5 Å². The normalized spacial score (nSPS) is 12.0. The summed E-state index contributed by atoms with van der Waals surface area (Å²) in [6.45, 7) is 1.73. The van der Waals surface area contributed by atoms with E-state index in [0.717, 1.165) is 6.07 Å². The summed E-state index contributed by atoms with van der Waals surface area (Å²) in [6.07, 6.45) is 0. The number of nitrogens with one attached hydrogen (secondary N) is 2. The largest absolute Gasteiger partial charge is 0.322 e. The fourth-order valence-electron chi connectivity index (χ4n) is 2.58. The maximum absolute atomic E-state index is 13.4. The second-order valence-electron chi connectivity index (χ2n) is 5.85. The Labute approximate surface area is 147 Å². The van der Waals surface area contributed by atoms with Crippen LogP contribution in [0.25, 0.3) is 10.8 Å². The molecule has 1 heterocycles. The van der Waals surface area contributed by atoms with Crippen LogP contribution in [0.1, 0.15) is 18.7 Å². The van der Waals surface area contributed by atoms with Crippen LogP contribution < -0.4 is 10.9 Å². The standard InChI is InChI=1S/C18H16F2N4O2/c1-10(24(2)18(26)21-13-6-3-11(19)4-7-13)16-14-8-5-12(20)9-15(14)17(25)23-22-16/h3-10H,1-2H3,(H,21,26)(H,23,25)/t10-/m0/s1. The predicted octanol–water partition coefficient (Wildman–Crippen LogP) is 3.43. The first-order chi connectivity index (χ1) is 12.4. The Kier molecular flexibility index (Phi) is 4.66. The molecule has 1 atom stereocenters. The van der Waals surface area contributed by atoms with Gasteiger partial charge in [0, 0.05) is 18.1 Å². The van der Waals surface area contributed by atoms with Gasteiger partial charge in [0.25, 0.3) is 5.56 Å². The lowest BCUT2D eigenvalue weighted by molar-refractivity contribution is 0.207. The van der Waals surface area contributed by atoms with Crippen molar-refractivity contribution in [3.8, 4) is 0 Å². The van der Waals surface area contributed by atoms with Gasteiger partial charge in [-0.15, -0.1) is 0 Å². The van der Waals surface area contributed by atoms with Crippen LogP contribution in [0.2, 0.25) is 0 Å². The van der Waals surface area contributed by atoms with Crippen LogP contribution >= 0.6 is 0 Å². The number of halogens is 2. The van der Waals surface area contributed by atoms with Gasteiger partial charge in [-0.25, -0.2) is 18.7 Å². The summed E-state index contributed by atoms with van der Waals surface area (Å²) in [6, 6.07) is 8.25. The van der Waals surface area contributed by atoms with E-state index in [1.165, 1.54) is 41.3 Å². The lowest BCUT2D eigenvalue weighted by Gasteiger charge is -2.25. The minimum Gasteiger partial charge on any atom is -0.319 e. The highest BCUT2D eigenvalue weighted by molar-refractivity contribution is 5.90. The van der Waals surface area contributed by atoms with E-state index in [1.54, 1.807) is 14.0 Å². The first-order valence-electron chi connectivity index (χ1n) is 7.84. The topological polar surface area (TPSA) is 78.1 Å². The molecule has 0 radical (unpaired) electrons. The zero-order valence-corrected chi connectivity index (χ0v) is 14.1. The summed E-state index contributed by atoms with van der Waals surface area (Å²) in [5.74, 6) is -0.934. The first-order valence-corrected chi connectivity index (χ1v) is 7.84. The minimum atomic E-state index is -0.532. The maximum Gasteiger partial charge on any atom is 0.322 e. The molecule has 1 aromatic heterocycles. The third-order valence-corrected chi connectivity index (χ3v) is 4.17. The van der Waals surface area contributed by atoms with Gasteiger partial charge < -0.3 is 10.2 Å². The Morgan fingerprint density at radius 2 is 1.77 bits per heavy atom. The molecule has 0 spiro atoms. The van der Waals surface area contributed by atoms with Gasteiger partial charge in [-0.05, 0) is 49.4 Å². The number of H-pyrrole nitrogens is 1. The Hall–Kier alpha value is -3.29. The van der Waals surface area contributed by atoms with Gasteiger partial charge in [0.15, 0.2) is 0 Å². The average molecular weight is 358 g/mol. The van der Waals surface area contributed by atoms with Crippen molar-refractivity contribution in [3.63, 3.8) is 0 Å². The van der Waals surface area contributed by atoms with E-state index in [-0.39, 0.29) is 5.39 Å². The van der Waals surface area contributed by atoms with Crippen molar-refractivity contribution in [3.05, 3.63) is 70.1 Å². The van der Waals surface area contributed by atoms with Crippen LogP contribution in [0.5, 0.6) is 0 Å². The molecule has 2 N–H and O–H groups in total. The molecule has 0 bridgehead atoms. The lowest BCUT2D eigenvalue weighted by Crippen LogP contribution is -2.34. The number of fused-ring (bicyclic) bond motifs is 1. The SMILES string of the molecule is C[C@@H](c1n[nH]c(=O)c2cc(F)ccc12)N(C)C(=O)Nc1ccc(F)cc1. The number of hydrogen-bond donors (Lipinski definition) is 2. The molecule has 0 saturated heterocycles. The maximum atomic E-state index is 13.4. The molecule has 0 aliphatic carbocycles. The molecule has 0 aliphatic heterocycles. The average Bonchev–Trinajstić information content (AvgIpc) is 2.63. The highest BCUT2D eigenvalue weighted by atomic mass is 19.1. The number of hydrogen-bond acceptors (Lipinski definition) is 3. The number of nitrogens with zero attached hydrogens (tertiary/aromatic N) is 2. The zero-order chi connectivity index (χ0) is 18.8. The third kappa shape index (κ3) is 3.39. The fraction of sp³-hybridized carbons (Fsp3) is 0.167. The van der Waals surface area contributed by atoms with Gasteiger partial charge in [-0.2, -0.15) is 5.10 Å². The minimum absolute atomic E-state index is 0.161.